The van der Waals surface area contributed by atoms with Gasteiger partial charge in [-0.1, -0.05) is 6.07 Å². The van der Waals surface area contributed by atoms with Gasteiger partial charge < -0.3 is 10.0 Å². The molecule has 1 amide bonds. The van der Waals surface area contributed by atoms with Gasteiger partial charge in [-0.25, -0.2) is 9.48 Å². The molecular weight excluding hydrogens is 499 g/mol. The molecule has 2 aliphatic rings. The first kappa shape index (κ1) is 25.8. The highest BCUT2D eigenvalue weighted by Gasteiger charge is 2.48. The molecule has 1 atom stereocenters. The number of carbonyl (C=O) groups is 2. The minimum atomic E-state index is -5.08. The van der Waals surface area contributed by atoms with Gasteiger partial charge in [-0.15, -0.1) is 0 Å². The summed E-state index contributed by atoms with van der Waals surface area (Å²) >= 11 is 0. The summed E-state index contributed by atoms with van der Waals surface area (Å²) in [6.45, 7) is 1.59. The van der Waals surface area contributed by atoms with E-state index in [1.54, 1.807) is 47.2 Å². The molecule has 5 rings (SSSR count). The third-order valence-electron chi connectivity index (χ3n) is 6.28. The van der Waals surface area contributed by atoms with Crippen molar-refractivity contribution in [2.75, 3.05) is 13.1 Å². The summed E-state index contributed by atoms with van der Waals surface area (Å²) < 4.78 is 36.0. The van der Waals surface area contributed by atoms with Gasteiger partial charge in [0.15, 0.2) is 0 Å². The van der Waals surface area contributed by atoms with E-state index in [4.69, 9.17) is 9.90 Å². The fraction of sp³-hybridized carbons (Fsp3) is 0.409. The number of halogens is 3. The molecule has 1 fully saturated rings. The zero-order valence-electron chi connectivity index (χ0n) is 19.6. The van der Waals surface area contributed by atoms with Gasteiger partial charge in [-0.05, 0) is 31.0 Å². The van der Waals surface area contributed by atoms with Gasteiger partial charge in [-0.3, -0.25) is 28.6 Å². The van der Waals surface area contributed by atoms with Gasteiger partial charge in [0.05, 0.1) is 17.7 Å². The molecule has 0 bridgehead atoms. The highest BCUT2D eigenvalue weighted by atomic mass is 19.4. The van der Waals surface area contributed by atoms with E-state index in [0.717, 1.165) is 0 Å². The molecule has 2 aliphatic heterocycles. The van der Waals surface area contributed by atoms with Crippen molar-refractivity contribution in [1.29, 1.82) is 0 Å². The topological polar surface area (TPSA) is 145 Å². The Labute approximate surface area is 206 Å². The number of carboxylic acids is 1. The molecule has 0 saturated carbocycles. The van der Waals surface area contributed by atoms with E-state index >= 15 is 0 Å². The predicted octanol–water partition coefficient (Wildman–Crippen LogP) is 0.403. The fourth-order valence-electron chi connectivity index (χ4n) is 4.45. The number of rotatable bonds is 3. The van der Waals surface area contributed by atoms with Crippen LogP contribution in [0.5, 0.6) is 0 Å². The van der Waals surface area contributed by atoms with E-state index in [-0.39, 0.29) is 12.5 Å². The van der Waals surface area contributed by atoms with Crippen LogP contribution in [0.1, 0.15) is 34.8 Å². The molecule has 1 saturated heterocycles. The lowest BCUT2D eigenvalue weighted by molar-refractivity contribution is -0.192. The quantitative estimate of drug-likeness (QED) is 0.488. The smallest absolute Gasteiger partial charge is 0.475 e. The van der Waals surface area contributed by atoms with Gasteiger partial charge in [0.25, 0.3) is 5.91 Å². The van der Waals surface area contributed by atoms with Crippen molar-refractivity contribution in [3.63, 3.8) is 0 Å². The number of nitrogens with zero attached hydrogens (tertiary/aromatic N) is 7. The van der Waals surface area contributed by atoms with Gasteiger partial charge in [-0.2, -0.15) is 23.4 Å². The Morgan fingerprint density at radius 1 is 1.08 bits per heavy atom. The first-order chi connectivity index (χ1) is 17.4. The standard InChI is InChI=1S/C20H21N7O3.C2HF3O2/c1-24-9-5-15(22-24)16(28)25-10-6-20(13-25)7-11-26-17(29)18(30)27(23-19(20)26)12-14-4-2-3-8-21-14;3-2(4,5)1(6)7/h2-5,8-9H,6-7,10-13H2,1H3;(H,6,7). The van der Waals surface area contributed by atoms with E-state index in [2.05, 4.69) is 15.2 Å². The Morgan fingerprint density at radius 3 is 2.38 bits per heavy atom. The van der Waals surface area contributed by atoms with Crippen molar-refractivity contribution in [3.05, 3.63) is 74.6 Å². The second kappa shape index (κ2) is 9.63. The second-order valence-electron chi connectivity index (χ2n) is 8.75. The molecule has 0 aromatic carbocycles. The highest BCUT2D eigenvalue weighted by molar-refractivity contribution is 5.92. The Kier molecular flexibility index (Phi) is 6.71. The highest BCUT2D eigenvalue weighted by Crippen LogP contribution is 2.40. The molecule has 1 unspecified atom stereocenters. The number of likely N-dealkylation sites (tertiary alicyclic amines) is 1. The Morgan fingerprint density at radius 2 is 1.78 bits per heavy atom. The summed E-state index contributed by atoms with van der Waals surface area (Å²) in [5.74, 6) is -2.30. The average molecular weight is 521 g/mol. The number of fused-ring (bicyclic) bond motifs is 2. The number of aromatic nitrogens is 6. The second-order valence-corrected chi connectivity index (χ2v) is 8.75. The Bertz CT molecular complexity index is 1450. The maximum atomic E-state index is 12.8. The van der Waals surface area contributed by atoms with Crippen molar-refractivity contribution in [2.24, 2.45) is 7.05 Å². The van der Waals surface area contributed by atoms with Crippen LogP contribution < -0.4 is 11.1 Å². The molecule has 3 aromatic heterocycles. The number of carboxylic acid groups (broad SMARTS) is 1. The van der Waals surface area contributed by atoms with Crippen LogP contribution in [0, 0.1) is 0 Å². The summed E-state index contributed by atoms with van der Waals surface area (Å²) in [7, 11) is 1.77. The van der Waals surface area contributed by atoms with Crippen molar-refractivity contribution in [1.82, 2.24) is 34.0 Å². The van der Waals surface area contributed by atoms with Crippen LogP contribution in [0.4, 0.5) is 13.2 Å². The van der Waals surface area contributed by atoms with Gasteiger partial charge >= 0.3 is 23.3 Å². The minimum Gasteiger partial charge on any atom is -0.475 e. The van der Waals surface area contributed by atoms with Crippen LogP contribution in [0.25, 0.3) is 0 Å². The number of hydrogen-bond acceptors (Lipinski definition) is 7. The van der Waals surface area contributed by atoms with Crippen LogP contribution in [0.2, 0.25) is 0 Å². The molecule has 0 radical (unpaired) electrons. The van der Waals surface area contributed by atoms with Crippen LogP contribution in [-0.2, 0) is 30.3 Å². The molecule has 3 aromatic rings. The van der Waals surface area contributed by atoms with Crippen LogP contribution in [0.3, 0.4) is 0 Å². The maximum Gasteiger partial charge on any atom is 0.490 e. The number of amides is 1. The molecule has 196 valence electrons. The molecule has 1 spiro atoms. The normalized spacial score (nSPS) is 18.4. The van der Waals surface area contributed by atoms with E-state index in [1.165, 1.54) is 9.25 Å². The van der Waals surface area contributed by atoms with Crippen LogP contribution in [-0.4, -0.2) is 70.3 Å². The van der Waals surface area contributed by atoms with E-state index in [0.29, 0.717) is 49.7 Å². The van der Waals surface area contributed by atoms with E-state index in [1.807, 2.05) is 6.07 Å². The van der Waals surface area contributed by atoms with Crippen LogP contribution >= 0.6 is 0 Å². The van der Waals surface area contributed by atoms with E-state index in [9.17, 15) is 27.6 Å². The summed E-state index contributed by atoms with van der Waals surface area (Å²) in [5.41, 5.74) is -0.591. The van der Waals surface area contributed by atoms with E-state index < -0.39 is 28.7 Å². The molecular formula is C22H22F3N7O5. The maximum absolute atomic E-state index is 12.8. The lowest BCUT2D eigenvalue weighted by Crippen LogP contribution is -2.45. The molecule has 12 nitrogen and oxygen atoms in total. The Balaban J connectivity index is 0.000000405. The summed E-state index contributed by atoms with van der Waals surface area (Å²) in [5, 5.41) is 15.9. The number of aryl methyl sites for hydroxylation is 1. The zero-order valence-corrected chi connectivity index (χ0v) is 19.6. The number of pyridine rings is 1. The lowest BCUT2D eigenvalue weighted by Gasteiger charge is -2.23. The molecule has 15 heteroatoms. The summed E-state index contributed by atoms with van der Waals surface area (Å²) in [4.78, 5) is 53.0. The summed E-state index contributed by atoms with van der Waals surface area (Å²) in [6, 6.07) is 7.10. The third kappa shape index (κ3) is 5.15. The van der Waals surface area contributed by atoms with Gasteiger partial charge in [0, 0.05) is 39.1 Å². The zero-order chi connectivity index (χ0) is 27.0. The first-order valence-corrected chi connectivity index (χ1v) is 11.1. The van der Waals surface area contributed by atoms with Gasteiger partial charge in [0.2, 0.25) is 0 Å². The number of hydrogen-bond donors (Lipinski definition) is 1. The third-order valence-corrected chi connectivity index (χ3v) is 6.28. The largest absolute Gasteiger partial charge is 0.490 e. The monoisotopic (exact) mass is 521 g/mol. The SMILES string of the molecule is Cn1ccc(C(=O)N2CCC3(CCn4c3nn(Cc3ccccn3)c(=O)c4=O)C2)n1.O=C(O)C(F)(F)F. The first-order valence-electron chi connectivity index (χ1n) is 11.1. The van der Waals surface area contributed by atoms with Gasteiger partial charge in [0.1, 0.15) is 11.5 Å². The number of alkyl halides is 3. The summed E-state index contributed by atoms with van der Waals surface area (Å²) in [6.07, 6.45) is -0.338. The van der Waals surface area contributed by atoms with Crippen molar-refractivity contribution in [3.8, 4) is 0 Å². The molecule has 5 heterocycles. The average Bonchev–Trinajstić information content (AvgIpc) is 3.57. The molecule has 0 aliphatic carbocycles. The van der Waals surface area contributed by atoms with Crippen LogP contribution in [0.15, 0.2) is 46.2 Å². The van der Waals surface area contributed by atoms with Crippen molar-refractivity contribution in [2.45, 2.75) is 37.5 Å². The molecule has 1 N–H and O–H groups in total. The minimum absolute atomic E-state index is 0.130. The Hall–Kier alpha value is -4.30. The fourth-order valence-corrected chi connectivity index (χ4v) is 4.45. The predicted molar refractivity (Wildman–Crippen MR) is 120 cm³/mol. The van der Waals surface area contributed by atoms with Crippen molar-refractivity contribution < 1.29 is 27.9 Å². The molecule has 37 heavy (non-hydrogen) atoms. The number of carbonyl (C=O) groups excluding carboxylic acids is 1. The number of aliphatic carboxylic acids is 1. The lowest BCUT2D eigenvalue weighted by atomic mass is 9.85. The van der Waals surface area contributed by atoms with Crippen molar-refractivity contribution >= 4 is 11.9 Å².